The van der Waals surface area contributed by atoms with E-state index in [9.17, 15) is 4.79 Å². The molecule has 172 valence electrons. The normalized spacial score (nSPS) is 16.7. The van der Waals surface area contributed by atoms with Crippen molar-refractivity contribution >= 4 is 34.7 Å². The molecule has 0 saturated carbocycles. The first-order chi connectivity index (χ1) is 15.3. The van der Waals surface area contributed by atoms with Crippen molar-refractivity contribution in [2.24, 2.45) is 11.8 Å². The van der Waals surface area contributed by atoms with Gasteiger partial charge in [0.05, 0.1) is 19.3 Å². The standard InChI is InChI=1S/C24H33N5O2S/c1-15(2)17(4)25-23(30)18-8-10-27(11-9-18)14-28-24(32)29-21-13-19(31-5)6-7-20(21)16(3)12-22(29)26-28/h6-7,12-13,15,17-18H,8-11,14H2,1-5H3,(H,25,30). The average molecular weight is 456 g/mol. The number of piperidine rings is 1. The number of hydrogen-bond acceptors (Lipinski definition) is 5. The lowest BCUT2D eigenvalue weighted by Crippen LogP contribution is -2.44. The quantitative estimate of drug-likeness (QED) is 0.566. The van der Waals surface area contributed by atoms with E-state index >= 15 is 0 Å². The molecule has 4 rings (SSSR count). The molecule has 0 spiro atoms. The smallest absolute Gasteiger partial charge is 0.223 e. The van der Waals surface area contributed by atoms with Crippen molar-refractivity contribution < 1.29 is 9.53 Å². The second-order valence-corrected chi connectivity index (χ2v) is 9.63. The zero-order chi connectivity index (χ0) is 23.0. The summed E-state index contributed by atoms with van der Waals surface area (Å²) in [5, 5.41) is 9.10. The molecule has 1 N–H and O–H groups in total. The van der Waals surface area contributed by atoms with Crippen molar-refractivity contribution in [3.8, 4) is 5.75 Å². The lowest BCUT2D eigenvalue weighted by molar-refractivity contribution is -0.127. The van der Waals surface area contributed by atoms with Crippen molar-refractivity contribution in [3.63, 3.8) is 0 Å². The Morgan fingerprint density at radius 3 is 2.62 bits per heavy atom. The molecule has 1 fully saturated rings. The highest BCUT2D eigenvalue weighted by atomic mass is 32.1. The van der Waals surface area contributed by atoms with Crippen molar-refractivity contribution in [2.75, 3.05) is 20.2 Å². The Morgan fingerprint density at radius 1 is 1.25 bits per heavy atom. The van der Waals surface area contributed by atoms with Crippen molar-refractivity contribution in [1.29, 1.82) is 0 Å². The van der Waals surface area contributed by atoms with Crippen LogP contribution in [0.1, 0.15) is 39.2 Å². The zero-order valence-corrected chi connectivity index (χ0v) is 20.4. The molecule has 1 aromatic carbocycles. The highest BCUT2D eigenvalue weighted by Crippen LogP contribution is 2.26. The fourth-order valence-corrected chi connectivity index (χ4v) is 4.59. The minimum atomic E-state index is 0.0838. The minimum Gasteiger partial charge on any atom is -0.497 e. The SMILES string of the molecule is COc1ccc2c(C)cc3nn(CN4CCC(C(=O)NC(C)C(C)C)CC4)c(=S)n3c2c1. The van der Waals surface area contributed by atoms with Gasteiger partial charge in [-0.25, -0.2) is 4.68 Å². The maximum atomic E-state index is 12.6. The Kier molecular flexibility index (Phi) is 6.53. The lowest BCUT2D eigenvalue weighted by atomic mass is 9.95. The topological polar surface area (TPSA) is 63.8 Å². The fraction of sp³-hybridized carbons (Fsp3) is 0.542. The van der Waals surface area contributed by atoms with E-state index in [0.29, 0.717) is 17.4 Å². The highest BCUT2D eigenvalue weighted by Gasteiger charge is 2.26. The summed E-state index contributed by atoms with van der Waals surface area (Å²) >= 11 is 5.81. The highest BCUT2D eigenvalue weighted by molar-refractivity contribution is 7.71. The van der Waals surface area contributed by atoms with Gasteiger partial charge in [0, 0.05) is 36.5 Å². The van der Waals surface area contributed by atoms with Gasteiger partial charge in [0.2, 0.25) is 10.7 Å². The number of amides is 1. The maximum absolute atomic E-state index is 12.6. The van der Waals surface area contributed by atoms with E-state index in [2.05, 4.69) is 50.0 Å². The van der Waals surface area contributed by atoms with Crippen LogP contribution in [0.5, 0.6) is 5.75 Å². The van der Waals surface area contributed by atoms with Gasteiger partial charge in [0.1, 0.15) is 5.75 Å². The molecule has 1 amide bonds. The van der Waals surface area contributed by atoms with E-state index in [-0.39, 0.29) is 17.9 Å². The van der Waals surface area contributed by atoms with Crippen LogP contribution >= 0.6 is 12.2 Å². The van der Waals surface area contributed by atoms with E-state index in [1.165, 1.54) is 0 Å². The number of carbonyl (C=O) groups excluding carboxylic acids is 1. The third kappa shape index (κ3) is 4.38. The van der Waals surface area contributed by atoms with Crippen LogP contribution in [0.15, 0.2) is 24.3 Å². The molecule has 0 radical (unpaired) electrons. The van der Waals surface area contributed by atoms with E-state index in [0.717, 1.165) is 53.8 Å². The van der Waals surface area contributed by atoms with Crippen molar-refractivity contribution in [3.05, 3.63) is 34.6 Å². The lowest BCUT2D eigenvalue weighted by Gasteiger charge is -2.31. The van der Waals surface area contributed by atoms with Gasteiger partial charge in [-0.1, -0.05) is 13.8 Å². The summed E-state index contributed by atoms with van der Waals surface area (Å²) in [5.41, 5.74) is 3.00. The van der Waals surface area contributed by atoms with Crippen LogP contribution < -0.4 is 10.1 Å². The number of benzene rings is 1. The molecule has 1 saturated heterocycles. The summed E-state index contributed by atoms with van der Waals surface area (Å²) in [5.74, 6) is 1.51. The molecule has 8 heteroatoms. The number of fused-ring (bicyclic) bond motifs is 3. The maximum Gasteiger partial charge on any atom is 0.223 e. The summed E-state index contributed by atoms with van der Waals surface area (Å²) in [6.45, 7) is 10.8. The number of methoxy groups -OCH3 is 1. The van der Waals surface area contributed by atoms with Crippen LogP contribution in [0.4, 0.5) is 0 Å². The summed E-state index contributed by atoms with van der Waals surface area (Å²) in [6.07, 6.45) is 1.72. The van der Waals surface area contributed by atoms with Crippen LogP contribution in [0, 0.1) is 23.5 Å². The van der Waals surface area contributed by atoms with Crippen molar-refractivity contribution in [2.45, 2.75) is 53.2 Å². The minimum absolute atomic E-state index is 0.0838. The summed E-state index contributed by atoms with van der Waals surface area (Å²) in [4.78, 5) is 14.9. The van der Waals surface area contributed by atoms with Crippen LogP contribution in [0.3, 0.4) is 0 Å². The number of pyridine rings is 1. The fourth-order valence-electron chi connectivity index (χ4n) is 4.30. The van der Waals surface area contributed by atoms with E-state index in [1.54, 1.807) is 7.11 Å². The van der Waals surface area contributed by atoms with Gasteiger partial charge in [-0.15, -0.1) is 0 Å². The number of nitrogens with zero attached hydrogens (tertiary/aromatic N) is 4. The second kappa shape index (κ2) is 9.19. The third-order valence-electron chi connectivity index (χ3n) is 6.74. The van der Waals surface area contributed by atoms with Gasteiger partial charge in [-0.05, 0) is 68.6 Å². The molecule has 1 aliphatic rings. The first-order valence-electron chi connectivity index (χ1n) is 11.4. The van der Waals surface area contributed by atoms with E-state index < -0.39 is 0 Å². The summed E-state index contributed by atoms with van der Waals surface area (Å²) < 4.78 is 10.0. The number of nitrogens with one attached hydrogen (secondary N) is 1. The number of ether oxygens (including phenoxy) is 1. The Balaban J connectivity index is 1.51. The van der Waals surface area contributed by atoms with Crippen LogP contribution in [-0.2, 0) is 11.5 Å². The molecule has 0 aliphatic carbocycles. The average Bonchev–Trinajstić information content (AvgIpc) is 3.08. The molecule has 7 nitrogen and oxygen atoms in total. The number of aryl methyl sites for hydroxylation is 1. The van der Waals surface area contributed by atoms with Crippen LogP contribution in [-0.4, -0.2) is 51.2 Å². The molecule has 0 bridgehead atoms. The Bertz CT molecular complexity index is 1190. The van der Waals surface area contributed by atoms with Gasteiger partial charge in [-0.2, -0.15) is 5.10 Å². The molecular weight excluding hydrogens is 422 g/mol. The largest absolute Gasteiger partial charge is 0.497 e. The van der Waals surface area contributed by atoms with Crippen molar-refractivity contribution in [1.82, 2.24) is 24.4 Å². The van der Waals surface area contributed by atoms with Crippen LogP contribution in [0.25, 0.3) is 16.6 Å². The number of carbonyl (C=O) groups is 1. The number of rotatable bonds is 6. The van der Waals surface area contributed by atoms with Crippen LogP contribution in [0.2, 0.25) is 0 Å². The first kappa shape index (κ1) is 22.7. The zero-order valence-electron chi connectivity index (χ0n) is 19.6. The van der Waals surface area contributed by atoms with Gasteiger partial charge in [0.25, 0.3) is 0 Å². The van der Waals surface area contributed by atoms with Gasteiger partial charge in [0.15, 0.2) is 5.65 Å². The Labute approximate surface area is 194 Å². The van der Waals surface area contributed by atoms with Gasteiger partial charge >= 0.3 is 0 Å². The molecule has 3 aromatic rings. The third-order valence-corrected chi connectivity index (χ3v) is 7.14. The van der Waals surface area contributed by atoms with Gasteiger partial charge < -0.3 is 10.1 Å². The predicted octanol–water partition coefficient (Wildman–Crippen LogP) is 4.17. The number of hydrogen-bond donors (Lipinski definition) is 1. The number of aromatic nitrogens is 3. The van der Waals surface area contributed by atoms with Gasteiger partial charge in [-0.3, -0.25) is 14.1 Å². The monoisotopic (exact) mass is 455 g/mol. The number of likely N-dealkylation sites (tertiary alicyclic amines) is 1. The van der Waals surface area contributed by atoms with E-state index in [4.69, 9.17) is 22.1 Å². The molecule has 1 atom stereocenters. The Morgan fingerprint density at radius 2 is 1.97 bits per heavy atom. The first-order valence-corrected chi connectivity index (χ1v) is 11.8. The molecule has 3 heterocycles. The molecule has 32 heavy (non-hydrogen) atoms. The van der Waals surface area contributed by atoms with E-state index in [1.807, 2.05) is 21.2 Å². The second-order valence-electron chi connectivity index (χ2n) is 9.26. The molecule has 1 unspecified atom stereocenters. The molecule has 2 aromatic heterocycles. The molecular formula is C24H33N5O2S. The summed E-state index contributed by atoms with van der Waals surface area (Å²) in [7, 11) is 1.67. The Hall–Kier alpha value is -2.45. The summed E-state index contributed by atoms with van der Waals surface area (Å²) in [6, 6.07) is 8.33. The molecule has 1 aliphatic heterocycles. The predicted molar refractivity (Wildman–Crippen MR) is 130 cm³/mol.